The van der Waals surface area contributed by atoms with Crippen molar-refractivity contribution in [1.29, 1.82) is 0 Å². The van der Waals surface area contributed by atoms with E-state index in [1.165, 1.54) is 6.08 Å². The summed E-state index contributed by atoms with van der Waals surface area (Å²) in [6.45, 7) is 0.394. The summed E-state index contributed by atoms with van der Waals surface area (Å²) < 4.78 is 0. The van der Waals surface area contributed by atoms with Gasteiger partial charge in [-0.15, -0.1) is 0 Å². The molecule has 0 aromatic heterocycles. The Labute approximate surface area is 64.7 Å². The minimum atomic E-state index is -0.662. The molecule has 4 nitrogen and oxygen atoms in total. The SMILES string of the molecule is CN1C=CC(=O)C(C(N)=O)C1. The van der Waals surface area contributed by atoms with Crippen LogP contribution in [0.25, 0.3) is 0 Å². The molecule has 0 saturated carbocycles. The van der Waals surface area contributed by atoms with Gasteiger partial charge in [-0.25, -0.2) is 0 Å². The lowest BCUT2D eigenvalue weighted by Gasteiger charge is -2.22. The van der Waals surface area contributed by atoms with Gasteiger partial charge >= 0.3 is 0 Å². The van der Waals surface area contributed by atoms with Crippen molar-refractivity contribution in [3.8, 4) is 0 Å². The van der Waals surface area contributed by atoms with E-state index in [1.54, 1.807) is 18.1 Å². The molecule has 0 bridgehead atoms. The van der Waals surface area contributed by atoms with Crippen LogP contribution in [-0.2, 0) is 9.59 Å². The van der Waals surface area contributed by atoms with Crippen molar-refractivity contribution in [3.63, 3.8) is 0 Å². The lowest BCUT2D eigenvalue weighted by Crippen LogP contribution is -2.39. The fourth-order valence-corrected chi connectivity index (χ4v) is 0.986. The van der Waals surface area contributed by atoms with Crippen LogP contribution in [0.4, 0.5) is 0 Å². The molecule has 0 fully saturated rings. The minimum Gasteiger partial charge on any atom is -0.379 e. The van der Waals surface area contributed by atoms with Gasteiger partial charge in [0.25, 0.3) is 0 Å². The average Bonchev–Trinajstić information content (AvgIpc) is 1.94. The molecule has 0 aromatic carbocycles. The van der Waals surface area contributed by atoms with Crippen LogP contribution in [0.5, 0.6) is 0 Å². The Morgan fingerprint density at radius 2 is 2.45 bits per heavy atom. The quantitative estimate of drug-likeness (QED) is 0.499. The Morgan fingerprint density at radius 1 is 1.82 bits per heavy atom. The van der Waals surface area contributed by atoms with Crippen molar-refractivity contribution < 1.29 is 9.59 Å². The van der Waals surface area contributed by atoms with Crippen LogP contribution in [0.1, 0.15) is 0 Å². The number of nitrogens with two attached hydrogens (primary N) is 1. The highest BCUT2D eigenvalue weighted by atomic mass is 16.2. The summed E-state index contributed by atoms with van der Waals surface area (Å²) >= 11 is 0. The van der Waals surface area contributed by atoms with Gasteiger partial charge in [0.05, 0.1) is 0 Å². The predicted octanol–water partition coefficient (Wildman–Crippen LogP) is -0.884. The van der Waals surface area contributed by atoms with Crippen LogP contribution in [-0.4, -0.2) is 30.2 Å². The van der Waals surface area contributed by atoms with E-state index in [-0.39, 0.29) is 5.78 Å². The molecule has 1 unspecified atom stereocenters. The molecule has 1 heterocycles. The number of carbonyl (C=O) groups excluding carboxylic acids is 2. The number of nitrogens with zero attached hydrogens (tertiary/aromatic N) is 1. The number of hydrogen-bond donors (Lipinski definition) is 1. The van der Waals surface area contributed by atoms with E-state index >= 15 is 0 Å². The van der Waals surface area contributed by atoms with E-state index in [9.17, 15) is 9.59 Å². The second-order valence-electron chi connectivity index (χ2n) is 2.61. The fourth-order valence-electron chi connectivity index (χ4n) is 0.986. The van der Waals surface area contributed by atoms with Crippen LogP contribution in [0.3, 0.4) is 0 Å². The Kier molecular flexibility index (Phi) is 1.94. The second kappa shape index (κ2) is 2.74. The van der Waals surface area contributed by atoms with Crippen molar-refractivity contribution in [3.05, 3.63) is 12.3 Å². The van der Waals surface area contributed by atoms with E-state index in [0.29, 0.717) is 6.54 Å². The van der Waals surface area contributed by atoms with Crippen molar-refractivity contribution in [2.45, 2.75) is 0 Å². The first-order valence-electron chi connectivity index (χ1n) is 3.33. The van der Waals surface area contributed by atoms with Crippen molar-refractivity contribution >= 4 is 11.7 Å². The molecule has 11 heavy (non-hydrogen) atoms. The van der Waals surface area contributed by atoms with Gasteiger partial charge in [-0.3, -0.25) is 9.59 Å². The molecule has 60 valence electrons. The fraction of sp³-hybridized carbons (Fsp3) is 0.429. The number of carbonyl (C=O) groups is 2. The largest absolute Gasteiger partial charge is 0.379 e. The first-order valence-corrected chi connectivity index (χ1v) is 3.33. The highest BCUT2D eigenvalue weighted by Crippen LogP contribution is 2.07. The van der Waals surface area contributed by atoms with Gasteiger partial charge in [-0.1, -0.05) is 0 Å². The Balaban J connectivity index is 2.76. The first-order chi connectivity index (χ1) is 5.11. The molecule has 0 aliphatic carbocycles. The molecule has 1 rings (SSSR count). The number of amides is 1. The Hall–Kier alpha value is -1.32. The summed E-state index contributed by atoms with van der Waals surface area (Å²) in [5.41, 5.74) is 5.00. The summed E-state index contributed by atoms with van der Waals surface area (Å²) in [7, 11) is 1.79. The minimum absolute atomic E-state index is 0.199. The molecule has 0 saturated heterocycles. The number of rotatable bonds is 1. The molecule has 1 aliphatic heterocycles. The Bertz CT molecular complexity index is 222. The molecule has 1 atom stereocenters. The highest BCUT2D eigenvalue weighted by Gasteiger charge is 2.25. The summed E-state index contributed by atoms with van der Waals surface area (Å²) in [5, 5.41) is 0. The molecule has 1 amide bonds. The molecule has 0 spiro atoms. The van der Waals surface area contributed by atoms with Gasteiger partial charge in [0.2, 0.25) is 5.91 Å². The molecular formula is C7H10N2O2. The van der Waals surface area contributed by atoms with Crippen LogP contribution in [0, 0.1) is 5.92 Å². The number of hydrogen-bond acceptors (Lipinski definition) is 3. The third-order valence-corrected chi connectivity index (χ3v) is 1.65. The zero-order valence-corrected chi connectivity index (χ0v) is 6.28. The second-order valence-corrected chi connectivity index (χ2v) is 2.61. The van der Waals surface area contributed by atoms with Crippen LogP contribution >= 0.6 is 0 Å². The van der Waals surface area contributed by atoms with Gasteiger partial charge in [0.15, 0.2) is 5.78 Å². The monoisotopic (exact) mass is 154 g/mol. The van der Waals surface area contributed by atoms with Gasteiger partial charge in [-0.2, -0.15) is 0 Å². The summed E-state index contributed by atoms with van der Waals surface area (Å²) in [5.74, 6) is -1.41. The van der Waals surface area contributed by atoms with E-state index in [1.807, 2.05) is 0 Å². The normalized spacial score (nSPS) is 23.9. The summed E-state index contributed by atoms with van der Waals surface area (Å²) in [6, 6.07) is 0. The predicted molar refractivity (Wildman–Crippen MR) is 39.5 cm³/mol. The summed E-state index contributed by atoms with van der Waals surface area (Å²) in [6.07, 6.45) is 3.01. The maximum Gasteiger partial charge on any atom is 0.230 e. The maximum absolute atomic E-state index is 11.0. The van der Waals surface area contributed by atoms with E-state index in [2.05, 4.69) is 0 Å². The average molecular weight is 154 g/mol. The van der Waals surface area contributed by atoms with Gasteiger partial charge < -0.3 is 10.6 Å². The number of ketones is 1. The Morgan fingerprint density at radius 3 is 2.91 bits per heavy atom. The molecule has 0 radical (unpaired) electrons. The van der Waals surface area contributed by atoms with E-state index < -0.39 is 11.8 Å². The zero-order chi connectivity index (χ0) is 8.43. The lowest BCUT2D eigenvalue weighted by atomic mass is 10.0. The molecule has 2 N–H and O–H groups in total. The third-order valence-electron chi connectivity index (χ3n) is 1.65. The van der Waals surface area contributed by atoms with Crippen LogP contribution in [0.2, 0.25) is 0 Å². The zero-order valence-electron chi connectivity index (χ0n) is 6.28. The summed E-state index contributed by atoms with van der Waals surface area (Å²) in [4.78, 5) is 23.4. The van der Waals surface area contributed by atoms with Gasteiger partial charge in [0.1, 0.15) is 5.92 Å². The molecular weight excluding hydrogens is 144 g/mol. The van der Waals surface area contributed by atoms with Crippen LogP contribution < -0.4 is 5.73 Å². The highest BCUT2D eigenvalue weighted by molar-refractivity contribution is 6.06. The van der Waals surface area contributed by atoms with Crippen LogP contribution in [0.15, 0.2) is 12.3 Å². The van der Waals surface area contributed by atoms with Gasteiger partial charge in [0, 0.05) is 19.8 Å². The smallest absolute Gasteiger partial charge is 0.230 e. The standard InChI is InChI=1S/C7H10N2O2/c1-9-3-2-6(10)5(4-9)7(8)11/h2-3,5H,4H2,1H3,(H2,8,11). The lowest BCUT2D eigenvalue weighted by molar-refractivity contribution is -0.130. The topological polar surface area (TPSA) is 63.4 Å². The van der Waals surface area contributed by atoms with Crippen molar-refractivity contribution in [2.75, 3.05) is 13.6 Å². The van der Waals surface area contributed by atoms with E-state index in [4.69, 9.17) is 5.73 Å². The molecule has 1 aliphatic rings. The number of allylic oxidation sites excluding steroid dienone is 1. The molecule has 4 heteroatoms. The third kappa shape index (κ3) is 1.58. The number of primary amides is 1. The van der Waals surface area contributed by atoms with E-state index in [0.717, 1.165) is 0 Å². The van der Waals surface area contributed by atoms with Crippen molar-refractivity contribution in [1.82, 2.24) is 4.90 Å². The molecule has 0 aromatic rings. The van der Waals surface area contributed by atoms with Crippen molar-refractivity contribution in [2.24, 2.45) is 11.7 Å². The van der Waals surface area contributed by atoms with Gasteiger partial charge in [-0.05, 0) is 6.08 Å². The maximum atomic E-state index is 11.0. The first kappa shape index (κ1) is 7.78.